The summed E-state index contributed by atoms with van der Waals surface area (Å²) in [4.78, 5) is 0. The zero-order valence-corrected chi connectivity index (χ0v) is 15.5. The summed E-state index contributed by atoms with van der Waals surface area (Å²) in [6, 6.07) is 10.9. The van der Waals surface area contributed by atoms with E-state index in [9.17, 15) is 0 Å². The van der Waals surface area contributed by atoms with E-state index in [1.165, 1.54) is 24.8 Å². The molecule has 2 aliphatic rings. The third-order valence-electron chi connectivity index (χ3n) is 6.43. The smallest absolute Gasteiger partial charge is 0.0106 e. The lowest BCUT2D eigenvalue weighted by Crippen LogP contribution is -2.39. The highest BCUT2D eigenvalue weighted by atomic mass is 14.5. The van der Waals surface area contributed by atoms with Gasteiger partial charge in [0.2, 0.25) is 0 Å². The van der Waals surface area contributed by atoms with Gasteiger partial charge in [0.1, 0.15) is 0 Å². The summed E-state index contributed by atoms with van der Waals surface area (Å²) in [6.45, 7) is 12.2. The van der Waals surface area contributed by atoms with Crippen molar-refractivity contribution < 1.29 is 0 Å². The Bertz CT molecular complexity index is 613. The molecule has 0 N–H and O–H groups in total. The molecule has 0 nitrogen and oxygen atoms in total. The Morgan fingerprint density at radius 1 is 1.00 bits per heavy atom. The highest BCUT2D eigenvalue weighted by Gasteiger charge is 2.44. The SMILES string of the molecule is CC(Cc1ccccc1)C1=CC=C2C(C1)C(C)(C)CCC2(C)C. The molecule has 23 heavy (non-hydrogen) atoms. The van der Waals surface area contributed by atoms with Crippen LogP contribution in [0.25, 0.3) is 0 Å². The number of fused-ring (bicyclic) bond motifs is 1. The van der Waals surface area contributed by atoms with Gasteiger partial charge in [-0.05, 0) is 53.9 Å². The highest BCUT2D eigenvalue weighted by Crippen LogP contribution is 2.55. The molecule has 0 radical (unpaired) electrons. The Morgan fingerprint density at radius 3 is 2.39 bits per heavy atom. The maximum atomic E-state index is 2.48. The fourth-order valence-corrected chi connectivity index (χ4v) is 4.54. The van der Waals surface area contributed by atoms with E-state index in [-0.39, 0.29) is 0 Å². The molecule has 0 bridgehead atoms. The molecule has 1 saturated carbocycles. The lowest BCUT2D eigenvalue weighted by Gasteiger charge is -2.50. The molecule has 2 atom stereocenters. The Morgan fingerprint density at radius 2 is 1.70 bits per heavy atom. The fraction of sp³-hybridized carbons (Fsp3) is 0.565. The molecule has 124 valence electrons. The van der Waals surface area contributed by atoms with Crippen LogP contribution in [0.3, 0.4) is 0 Å². The summed E-state index contributed by atoms with van der Waals surface area (Å²) < 4.78 is 0. The van der Waals surface area contributed by atoms with E-state index < -0.39 is 0 Å². The molecular formula is C23H32. The number of hydrogen-bond acceptors (Lipinski definition) is 0. The quantitative estimate of drug-likeness (QED) is 0.591. The van der Waals surface area contributed by atoms with Crippen molar-refractivity contribution in [1.82, 2.24) is 0 Å². The predicted octanol–water partition coefficient (Wildman–Crippen LogP) is 6.58. The largest absolute Gasteiger partial charge is 0.0664 e. The third kappa shape index (κ3) is 3.32. The molecular weight excluding hydrogens is 276 g/mol. The van der Waals surface area contributed by atoms with Gasteiger partial charge in [-0.2, -0.15) is 0 Å². The van der Waals surface area contributed by atoms with Crippen LogP contribution in [0.15, 0.2) is 53.6 Å². The molecule has 2 unspecified atom stereocenters. The van der Waals surface area contributed by atoms with Crippen LogP contribution in [0.5, 0.6) is 0 Å². The zero-order chi connectivity index (χ0) is 16.7. The van der Waals surface area contributed by atoms with E-state index in [2.05, 4.69) is 77.1 Å². The molecule has 1 aromatic rings. The van der Waals surface area contributed by atoms with Crippen molar-refractivity contribution in [3.63, 3.8) is 0 Å². The second-order valence-corrected chi connectivity index (χ2v) is 9.08. The van der Waals surface area contributed by atoms with Gasteiger partial charge in [0.15, 0.2) is 0 Å². The molecule has 0 aliphatic heterocycles. The molecule has 0 heterocycles. The second-order valence-electron chi connectivity index (χ2n) is 9.08. The summed E-state index contributed by atoms with van der Waals surface area (Å²) in [5.41, 5.74) is 5.62. The Kier molecular flexibility index (Phi) is 4.29. The van der Waals surface area contributed by atoms with E-state index in [1.807, 2.05) is 0 Å². The average Bonchev–Trinajstić information content (AvgIpc) is 2.52. The van der Waals surface area contributed by atoms with Crippen molar-refractivity contribution in [1.29, 1.82) is 0 Å². The summed E-state index contributed by atoms with van der Waals surface area (Å²) in [6.07, 6.45) is 10.0. The number of hydrogen-bond donors (Lipinski definition) is 0. The van der Waals surface area contributed by atoms with Crippen molar-refractivity contribution >= 4 is 0 Å². The Balaban J connectivity index is 1.83. The zero-order valence-electron chi connectivity index (χ0n) is 15.5. The molecule has 0 saturated heterocycles. The van der Waals surface area contributed by atoms with Crippen molar-refractivity contribution in [3.8, 4) is 0 Å². The number of rotatable bonds is 3. The molecule has 1 fully saturated rings. The van der Waals surface area contributed by atoms with Crippen LogP contribution in [0.2, 0.25) is 0 Å². The van der Waals surface area contributed by atoms with E-state index >= 15 is 0 Å². The monoisotopic (exact) mass is 308 g/mol. The molecule has 3 rings (SSSR count). The highest BCUT2D eigenvalue weighted by molar-refractivity contribution is 5.35. The third-order valence-corrected chi connectivity index (χ3v) is 6.43. The van der Waals surface area contributed by atoms with Crippen molar-refractivity contribution in [2.24, 2.45) is 22.7 Å². The number of allylic oxidation sites excluding steroid dienone is 4. The van der Waals surface area contributed by atoms with E-state index in [0.29, 0.717) is 16.7 Å². The van der Waals surface area contributed by atoms with Gasteiger partial charge < -0.3 is 0 Å². The van der Waals surface area contributed by atoms with Gasteiger partial charge in [0, 0.05) is 0 Å². The van der Waals surface area contributed by atoms with Crippen LogP contribution < -0.4 is 0 Å². The molecule has 1 aromatic carbocycles. The summed E-state index contributed by atoms with van der Waals surface area (Å²) in [5, 5.41) is 0. The summed E-state index contributed by atoms with van der Waals surface area (Å²) in [5.74, 6) is 1.36. The molecule has 2 aliphatic carbocycles. The van der Waals surface area contributed by atoms with Crippen LogP contribution in [0.4, 0.5) is 0 Å². The lowest BCUT2D eigenvalue weighted by atomic mass is 9.55. The minimum absolute atomic E-state index is 0.380. The molecule has 0 spiro atoms. The minimum Gasteiger partial charge on any atom is -0.0664 e. The van der Waals surface area contributed by atoms with Gasteiger partial charge in [0.25, 0.3) is 0 Å². The van der Waals surface area contributed by atoms with Crippen LogP contribution in [0, 0.1) is 22.7 Å². The van der Waals surface area contributed by atoms with E-state index in [0.717, 1.165) is 12.3 Å². The molecule has 0 amide bonds. The van der Waals surface area contributed by atoms with Gasteiger partial charge in [0.05, 0.1) is 0 Å². The van der Waals surface area contributed by atoms with Gasteiger partial charge in [-0.1, -0.05) is 88.2 Å². The van der Waals surface area contributed by atoms with Gasteiger partial charge >= 0.3 is 0 Å². The Hall–Kier alpha value is -1.30. The van der Waals surface area contributed by atoms with E-state index in [1.54, 1.807) is 11.1 Å². The second kappa shape index (κ2) is 5.96. The molecule has 0 heteroatoms. The topological polar surface area (TPSA) is 0 Å². The lowest BCUT2D eigenvalue weighted by molar-refractivity contribution is 0.119. The van der Waals surface area contributed by atoms with E-state index in [4.69, 9.17) is 0 Å². The van der Waals surface area contributed by atoms with Crippen LogP contribution in [0.1, 0.15) is 59.4 Å². The normalized spacial score (nSPS) is 26.7. The van der Waals surface area contributed by atoms with Gasteiger partial charge in [-0.25, -0.2) is 0 Å². The first kappa shape index (κ1) is 16.6. The first-order valence-electron chi connectivity index (χ1n) is 9.25. The average molecular weight is 309 g/mol. The Labute approximate surface area is 142 Å². The van der Waals surface area contributed by atoms with Crippen molar-refractivity contribution in [3.05, 3.63) is 59.2 Å². The maximum absolute atomic E-state index is 2.48. The predicted molar refractivity (Wildman–Crippen MR) is 100 cm³/mol. The summed E-state index contributed by atoms with van der Waals surface area (Å²) in [7, 11) is 0. The minimum atomic E-state index is 0.380. The molecule has 0 aromatic heterocycles. The first-order valence-corrected chi connectivity index (χ1v) is 9.25. The standard InChI is InChI=1S/C23H32/c1-17(15-18-9-7-6-8-10-18)19-11-12-20-21(16-19)23(4,5)14-13-22(20,2)3/h6-12,17,21H,13-16H2,1-5H3. The van der Waals surface area contributed by atoms with Crippen LogP contribution in [-0.4, -0.2) is 0 Å². The van der Waals surface area contributed by atoms with Crippen LogP contribution >= 0.6 is 0 Å². The van der Waals surface area contributed by atoms with Crippen LogP contribution in [-0.2, 0) is 6.42 Å². The maximum Gasteiger partial charge on any atom is -0.0106 e. The number of benzene rings is 1. The summed E-state index contributed by atoms with van der Waals surface area (Å²) >= 11 is 0. The van der Waals surface area contributed by atoms with Gasteiger partial charge in [-0.15, -0.1) is 0 Å². The first-order chi connectivity index (χ1) is 10.8. The fourth-order valence-electron chi connectivity index (χ4n) is 4.54. The van der Waals surface area contributed by atoms with Crippen molar-refractivity contribution in [2.75, 3.05) is 0 Å². The van der Waals surface area contributed by atoms with Crippen molar-refractivity contribution in [2.45, 2.75) is 60.3 Å². The van der Waals surface area contributed by atoms with Gasteiger partial charge in [-0.3, -0.25) is 0 Å².